The average Bonchev–Trinajstić information content (AvgIpc) is 2.37. The monoisotopic (exact) mass is 276 g/mol. The molecule has 5 heteroatoms. The minimum atomic E-state index is -0.482. The van der Waals surface area contributed by atoms with E-state index in [0.29, 0.717) is 19.5 Å². The van der Waals surface area contributed by atoms with E-state index in [0.717, 1.165) is 11.1 Å². The highest BCUT2D eigenvalue weighted by Gasteiger charge is 2.24. The molecule has 1 aliphatic rings. The van der Waals surface area contributed by atoms with Gasteiger partial charge in [-0.25, -0.2) is 4.79 Å². The Hall–Kier alpha value is -2.04. The van der Waals surface area contributed by atoms with Crippen LogP contribution in [0.25, 0.3) is 5.57 Å². The SMILES string of the molecule is CC(C)(C)OC(=O)N1CC=C(c2ccncc2O)CC1. The predicted molar refractivity (Wildman–Crippen MR) is 76.3 cm³/mol. The van der Waals surface area contributed by atoms with Crippen molar-refractivity contribution in [3.05, 3.63) is 30.1 Å². The predicted octanol–water partition coefficient (Wildman–Crippen LogP) is 2.81. The number of rotatable bonds is 1. The van der Waals surface area contributed by atoms with Crippen molar-refractivity contribution in [3.63, 3.8) is 0 Å². The molecule has 0 saturated heterocycles. The number of pyridine rings is 1. The van der Waals surface area contributed by atoms with E-state index in [4.69, 9.17) is 4.74 Å². The van der Waals surface area contributed by atoms with Gasteiger partial charge in [-0.3, -0.25) is 4.98 Å². The molecule has 0 spiro atoms. The summed E-state index contributed by atoms with van der Waals surface area (Å²) in [6.45, 7) is 6.63. The number of nitrogens with zero attached hydrogens (tertiary/aromatic N) is 2. The summed E-state index contributed by atoms with van der Waals surface area (Å²) in [7, 11) is 0. The molecule has 0 saturated carbocycles. The number of aromatic hydroxyl groups is 1. The molecule has 1 amide bonds. The van der Waals surface area contributed by atoms with Crippen LogP contribution in [0.1, 0.15) is 32.8 Å². The van der Waals surface area contributed by atoms with Crippen LogP contribution in [0.5, 0.6) is 5.75 Å². The van der Waals surface area contributed by atoms with Gasteiger partial charge >= 0.3 is 6.09 Å². The molecule has 0 bridgehead atoms. The number of hydrogen-bond donors (Lipinski definition) is 1. The quantitative estimate of drug-likeness (QED) is 0.856. The van der Waals surface area contributed by atoms with Crippen LogP contribution < -0.4 is 0 Å². The van der Waals surface area contributed by atoms with Crippen molar-refractivity contribution in [2.75, 3.05) is 13.1 Å². The Bertz CT molecular complexity index is 532. The molecule has 0 unspecified atom stereocenters. The maximum absolute atomic E-state index is 11.9. The van der Waals surface area contributed by atoms with Crippen molar-refractivity contribution < 1.29 is 14.6 Å². The maximum atomic E-state index is 11.9. The van der Waals surface area contributed by atoms with Gasteiger partial charge in [-0.05, 0) is 38.8 Å². The van der Waals surface area contributed by atoms with Crippen LogP contribution in [-0.4, -0.2) is 39.8 Å². The molecule has 2 heterocycles. The standard InChI is InChI=1S/C15H20N2O3/c1-15(2,3)20-14(19)17-8-5-11(6-9-17)12-4-7-16-10-13(12)18/h4-5,7,10,18H,6,8-9H2,1-3H3. The highest BCUT2D eigenvalue weighted by Crippen LogP contribution is 2.28. The van der Waals surface area contributed by atoms with Crippen molar-refractivity contribution >= 4 is 11.7 Å². The van der Waals surface area contributed by atoms with Gasteiger partial charge in [0.05, 0.1) is 6.20 Å². The van der Waals surface area contributed by atoms with Crippen LogP contribution in [0.15, 0.2) is 24.5 Å². The Morgan fingerprint density at radius 1 is 1.45 bits per heavy atom. The fraction of sp³-hybridized carbons (Fsp3) is 0.467. The molecule has 20 heavy (non-hydrogen) atoms. The smallest absolute Gasteiger partial charge is 0.410 e. The summed E-state index contributed by atoms with van der Waals surface area (Å²) >= 11 is 0. The molecule has 0 aromatic carbocycles. The Morgan fingerprint density at radius 2 is 2.20 bits per heavy atom. The zero-order valence-corrected chi connectivity index (χ0v) is 12.1. The number of ether oxygens (including phenoxy) is 1. The van der Waals surface area contributed by atoms with Gasteiger partial charge < -0.3 is 14.7 Å². The van der Waals surface area contributed by atoms with Gasteiger partial charge in [-0.2, -0.15) is 0 Å². The van der Waals surface area contributed by atoms with E-state index in [9.17, 15) is 9.90 Å². The van der Waals surface area contributed by atoms with Gasteiger partial charge in [0, 0.05) is 24.8 Å². The summed E-state index contributed by atoms with van der Waals surface area (Å²) in [6.07, 6.45) is 5.41. The largest absolute Gasteiger partial charge is 0.506 e. The highest BCUT2D eigenvalue weighted by molar-refractivity contribution is 5.74. The molecular formula is C15H20N2O3. The van der Waals surface area contributed by atoms with Crippen molar-refractivity contribution in [1.29, 1.82) is 0 Å². The topological polar surface area (TPSA) is 62.7 Å². The van der Waals surface area contributed by atoms with Crippen LogP contribution >= 0.6 is 0 Å². The van der Waals surface area contributed by atoms with E-state index in [2.05, 4.69) is 4.98 Å². The summed E-state index contributed by atoms with van der Waals surface area (Å²) < 4.78 is 5.34. The average molecular weight is 276 g/mol. The molecule has 0 radical (unpaired) electrons. The molecular weight excluding hydrogens is 256 g/mol. The molecule has 108 valence electrons. The Kier molecular flexibility index (Phi) is 3.97. The van der Waals surface area contributed by atoms with Gasteiger partial charge in [0.25, 0.3) is 0 Å². The molecule has 0 atom stereocenters. The maximum Gasteiger partial charge on any atom is 0.410 e. The second-order valence-electron chi connectivity index (χ2n) is 5.80. The first kappa shape index (κ1) is 14.4. The summed E-state index contributed by atoms with van der Waals surface area (Å²) in [4.78, 5) is 17.5. The van der Waals surface area contributed by atoms with E-state index >= 15 is 0 Å². The van der Waals surface area contributed by atoms with Crippen molar-refractivity contribution in [1.82, 2.24) is 9.88 Å². The van der Waals surface area contributed by atoms with Crippen LogP contribution in [0, 0.1) is 0 Å². The lowest BCUT2D eigenvalue weighted by molar-refractivity contribution is 0.0270. The number of aromatic nitrogens is 1. The molecule has 1 aliphatic heterocycles. The third kappa shape index (κ3) is 3.50. The van der Waals surface area contributed by atoms with Crippen molar-refractivity contribution in [2.24, 2.45) is 0 Å². The minimum Gasteiger partial charge on any atom is -0.506 e. The lowest BCUT2D eigenvalue weighted by atomic mass is 10.00. The summed E-state index contributed by atoms with van der Waals surface area (Å²) in [6, 6.07) is 1.78. The zero-order valence-electron chi connectivity index (χ0n) is 12.1. The number of hydrogen-bond acceptors (Lipinski definition) is 4. The van der Waals surface area contributed by atoms with Crippen molar-refractivity contribution in [3.8, 4) is 5.75 Å². The van der Waals surface area contributed by atoms with E-state index < -0.39 is 5.60 Å². The lowest BCUT2D eigenvalue weighted by Gasteiger charge is -2.29. The van der Waals surface area contributed by atoms with Gasteiger partial charge in [-0.1, -0.05) is 6.08 Å². The normalized spacial score (nSPS) is 15.8. The fourth-order valence-corrected chi connectivity index (χ4v) is 2.06. The molecule has 0 fully saturated rings. The van der Waals surface area contributed by atoms with Gasteiger partial charge in [-0.15, -0.1) is 0 Å². The Morgan fingerprint density at radius 3 is 2.75 bits per heavy atom. The Balaban J connectivity index is 2.04. The van der Waals surface area contributed by atoms with Gasteiger partial charge in [0.1, 0.15) is 11.4 Å². The number of carbonyl (C=O) groups is 1. The van der Waals surface area contributed by atoms with E-state index in [1.54, 1.807) is 17.2 Å². The van der Waals surface area contributed by atoms with Crippen molar-refractivity contribution in [2.45, 2.75) is 32.8 Å². The number of amides is 1. The zero-order chi connectivity index (χ0) is 14.8. The van der Waals surface area contributed by atoms with Crippen LogP contribution in [0.4, 0.5) is 4.79 Å². The second-order valence-corrected chi connectivity index (χ2v) is 5.80. The minimum absolute atomic E-state index is 0.171. The molecule has 0 aliphatic carbocycles. The lowest BCUT2D eigenvalue weighted by Crippen LogP contribution is -2.39. The first-order valence-electron chi connectivity index (χ1n) is 6.67. The second kappa shape index (κ2) is 5.53. The van der Waals surface area contributed by atoms with Gasteiger partial charge in [0.15, 0.2) is 0 Å². The van der Waals surface area contributed by atoms with Crippen LogP contribution in [-0.2, 0) is 4.74 Å². The summed E-state index contributed by atoms with van der Waals surface area (Å²) in [5.74, 6) is 0.171. The number of carbonyl (C=O) groups excluding carboxylic acids is 1. The fourth-order valence-electron chi connectivity index (χ4n) is 2.06. The molecule has 1 N–H and O–H groups in total. The molecule has 5 nitrogen and oxygen atoms in total. The summed E-state index contributed by atoms with van der Waals surface area (Å²) in [5.41, 5.74) is 1.33. The third-order valence-corrected chi connectivity index (χ3v) is 3.01. The van der Waals surface area contributed by atoms with E-state index in [-0.39, 0.29) is 11.8 Å². The molecule has 1 aromatic rings. The van der Waals surface area contributed by atoms with Crippen LogP contribution in [0.2, 0.25) is 0 Å². The Labute approximate surface area is 118 Å². The van der Waals surface area contributed by atoms with E-state index in [1.165, 1.54) is 6.20 Å². The van der Waals surface area contributed by atoms with Gasteiger partial charge in [0.2, 0.25) is 0 Å². The highest BCUT2D eigenvalue weighted by atomic mass is 16.6. The molecule has 2 rings (SSSR count). The molecule has 1 aromatic heterocycles. The van der Waals surface area contributed by atoms with Crippen LogP contribution in [0.3, 0.4) is 0 Å². The first-order chi connectivity index (χ1) is 9.37. The first-order valence-corrected chi connectivity index (χ1v) is 6.67. The van der Waals surface area contributed by atoms with E-state index in [1.807, 2.05) is 26.8 Å². The summed E-state index contributed by atoms with van der Waals surface area (Å²) in [5, 5.41) is 9.78. The third-order valence-electron chi connectivity index (χ3n) is 3.01.